The standard InChI is InChI=1S/C14H21N3/c1-2-12(3-1)13-6-9-16-14(17-13)10-11-4-7-15-8-5-11/h6,9,11-12,15H,1-5,7-8,10H2. The smallest absolute Gasteiger partial charge is 0.128 e. The van der Waals surface area contributed by atoms with E-state index in [4.69, 9.17) is 4.98 Å². The van der Waals surface area contributed by atoms with E-state index in [1.165, 1.54) is 37.8 Å². The van der Waals surface area contributed by atoms with Crippen molar-refractivity contribution in [2.24, 2.45) is 5.92 Å². The van der Waals surface area contributed by atoms with Gasteiger partial charge in [0.15, 0.2) is 0 Å². The third kappa shape index (κ3) is 2.65. The molecule has 1 aliphatic heterocycles. The normalized spacial score (nSPS) is 22.4. The van der Waals surface area contributed by atoms with Gasteiger partial charge in [-0.05, 0) is 50.8 Å². The second-order valence-electron chi connectivity index (χ2n) is 5.42. The van der Waals surface area contributed by atoms with Crippen molar-refractivity contribution in [3.63, 3.8) is 0 Å². The van der Waals surface area contributed by atoms with Crippen LogP contribution in [-0.2, 0) is 6.42 Å². The molecule has 17 heavy (non-hydrogen) atoms. The topological polar surface area (TPSA) is 37.8 Å². The first-order valence-corrected chi connectivity index (χ1v) is 6.94. The molecule has 1 saturated heterocycles. The summed E-state index contributed by atoms with van der Waals surface area (Å²) in [7, 11) is 0. The Kier molecular flexibility index (Phi) is 3.36. The monoisotopic (exact) mass is 231 g/mol. The molecule has 0 atom stereocenters. The van der Waals surface area contributed by atoms with Gasteiger partial charge in [0.1, 0.15) is 5.82 Å². The summed E-state index contributed by atoms with van der Waals surface area (Å²) in [6.45, 7) is 2.32. The fourth-order valence-electron chi connectivity index (χ4n) is 2.79. The lowest BCUT2D eigenvalue weighted by molar-refractivity contribution is 0.364. The van der Waals surface area contributed by atoms with Crippen molar-refractivity contribution in [1.82, 2.24) is 15.3 Å². The fourth-order valence-corrected chi connectivity index (χ4v) is 2.79. The predicted octanol–water partition coefficient (Wildman–Crippen LogP) is 2.29. The number of nitrogens with zero attached hydrogens (tertiary/aromatic N) is 2. The van der Waals surface area contributed by atoms with Crippen LogP contribution < -0.4 is 5.32 Å². The molecule has 0 radical (unpaired) electrons. The Balaban J connectivity index is 1.65. The molecule has 92 valence electrons. The first kappa shape index (κ1) is 11.1. The van der Waals surface area contributed by atoms with E-state index >= 15 is 0 Å². The Hall–Kier alpha value is -0.960. The third-order valence-electron chi connectivity index (χ3n) is 4.18. The Morgan fingerprint density at radius 3 is 2.71 bits per heavy atom. The highest BCUT2D eigenvalue weighted by molar-refractivity contribution is 5.11. The van der Waals surface area contributed by atoms with Crippen molar-refractivity contribution in [1.29, 1.82) is 0 Å². The molecule has 0 spiro atoms. The van der Waals surface area contributed by atoms with Gasteiger partial charge in [-0.25, -0.2) is 9.97 Å². The lowest BCUT2D eigenvalue weighted by atomic mass is 9.83. The van der Waals surface area contributed by atoms with E-state index in [1.54, 1.807) is 0 Å². The zero-order valence-corrected chi connectivity index (χ0v) is 10.4. The average molecular weight is 231 g/mol. The van der Waals surface area contributed by atoms with Crippen LogP contribution in [0.3, 0.4) is 0 Å². The molecule has 3 nitrogen and oxygen atoms in total. The van der Waals surface area contributed by atoms with Gasteiger partial charge in [-0.15, -0.1) is 0 Å². The number of hydrogen-bond acceptors (Lipinski definition) is 3. The summed E-state index contributed by atoms with van der Waals surface area (Å²) in [5.74, 6) is 2.58. The van der Waals surface area contributed by atoms with Crippen LogP contribution >= 0.6 is 0 Å². The van der Waals surface area contributed by atoms with Crippen LogP contribution in [0.1, 0.15) is 49.5 Å². The van der Waals surface area contributed by atoms with Crippen molar-refractivity contribution in [3.05, 3.63) is 23.8 Å². The zero-order valence-electron chi connectivity index (χ0n) is 10.4. The molecular formula is C14H21N3. The molecule has 0 unspecified atom stereocenters. The average Bonchev–Trinajstić information content (AvgIpc) is 2.28. The number of aromatic nitrogens is 2. The number of piperidine rings is 1. The predicted molar refractivity (Wildman–Crippen MR) is 67.9 cm³/mol. The molecule has 1 saturated carbocycles. The van der Waals surface area contributed by atoms with Crippen LogP contribution in [0.15, 0.2) is 12.3 Å². The van der Waals surface area contributed by atoms with E-state index in [0.717, 1.165) is 37.2 Å². The molecule has 3 heteroatoms. The summed E-state index contributed by atoms with van der Waals surface area (Å²) in [6, 6.07) is 2.11. The molecule has 0 aromatic carbocycles. The maximum atomic E-state index is 4.76. The van der Waals surface area contributed by atoms with Crippen molar-refractivity contribution in [3.8, 4) is 0 Å². The SMILES string of the molecule is c1cc(C2CCC2)nc(CC2CCNCC2)n1. The van der Waals surface area contributed by atoms with Crippen molar-refractivity contribution < 1.29 is 0 Å². The Labute approximate surface area is 103 Å². The minimum Gasteiger partial charge on any atom is -0.317 e. The minimum absolute atomic E-state index is 0.727. The van der Waals surface area contributed by atoms with Crippen LogP contribution in [0.25, 0.3) is 0 Å². The van der Waals surface area contributed by atoms with E-state index in [1.807, 2.05) is 6.20 Å². The minimum atomic E-state index is 0.727. The first-order chi connectivity index (χ1) is 8.42. The second-order valence-corrected chi connectivity index (χ2v) is 5.42. The van der Waals surface area contributed by atoms with Gasteiger partial charge in [-0.2, -0.15) is 0 Å². The quantitative estimate of drug-likeness (QED) is 0.867. The van der Waals surface area contributed by atoms with E-state index in [0.29, 0.717) is 0 Å². The molecule has 2 aliphatic rings. The fraction of sp³-hybridized carbons (Fsp3) is 0.714. The summed E-state index contributed by atoms with van der Waals surface area (Å²) in [6.07, 6.45) is 9.60. The Morgan fingerprint density at radius 2 is 2.00 bits per heavy atom. The lowest BCUT2D eigenvalue weighted by Crippen LogP contribution is -2.29. The van der Waals surface area contributed by atoms with Gasteiger partial charge in [0.2, 0.25) is 0 Å². The van der Waals surface area contributed by atoms with Gasteiger partial charge in [0.05, 0.1) is 0 Å². The van der Waals surface area contributed by atoms with Crippen LogP contribution in [0.2, 0.25) is 0 Å². The molecule has 1 aromatic heterocycles. The summed E-state index contributed by atoms with van der Waals surface area (Å²) < 4.78 is 0. The molecule has 3 rings (SSSR count). The van der Waals surface area contributed by atoms with Crippen molar-refractivity contribution >= 4 is 0 Å². The van der Waals surface area contributed by atoms with Crippen LogP contribution in [0.4, 0.5) is 0 Å². The molecule has 2 fully saturated rings. The van der Waals surface area contributed by atoms with Crippen LogP contribution in [0, 0.1) is 5.92 Å². The van der Waals surface area contributed by atoms with Crippen molar-refractivity contribution in [2.45, 2.75) is 44.4 Å². The second kappa shape index (κ2) is 5.13. The van der Waals surface area contributed by atoms with Gasteiger partial charge in [0.25, 0.3) is 0 Å². The third-order valence-corrected chi connectivity index (χ3v) is 4.18. The summed E-state index contributed by atoms with van der Waals surface area (Å²) in [5, 5.41) is 3.41. The molecule has 1 aliphatic carbocycles. The molecule has 1 N–H and O–H groups in total. The largest absolute Gasteiger partial charge is 0.317 e. The van der Waals surface area contributed by atoms with Gasteiger partial charge in [-0.3, -0.25) is 0 Å². The molecular weight excluding hydrogens is 210 g/mol. The van der Waals surface area contributed by atoms with E-state index in [2.05, 4.69) is 16.4 Å². The Bertz CT molecular complexity index is 367. The van der Waals surface area contributed by atoms with Gasteiger partial charge < -0.3 is 5.32 Å². The maximum absolute atomic E-state index is 4.76. The lowest BCUT2D eigenvalue weighted by Gasteiger charge is -2.25. The highest BCUT2D eigenvalue weighted by Gasteiger charge is 2.22. The Morgan fingerprint density at radius 1 is 1.18 bits per heavy atom. The van der Waals surface area contributed by atoms with Gasteiger partial charge in [0, 0.05) is 24.2 Å². The van der Waals surface area contributed by atoms with Crippen LogP contribution in [-0.4, -0.2) is 23.1 Å². The summed E-state index contributed by atoms with van der Waals surface area (Å²) >= 11 is 0. The number of rotatable bonds is 3. The summed E-state index contributed by atoms with van der Waals surface area (Å²) in [5.41, 5.74) is 1.29. The van der Waals surface area contributed by atoms with Crippen molar-refractivity contribution in [2.75, 3.05) is 13.1 Å². The van der Waals surface area contributed by atoms with E-state index < -0.39 is 0 Å². The molecule has 1 aromatic rings. The van der Waals surface area contributed by atoms with Gasteiger partial charge >= 0.3 is 0 Å². The molecule has 0 bridgehead atoms. The van der Waals surface area contributed by atoms with E-state index in [-0.39, 0.29) is 0 Å². The highest BCUT2D eigenvalue weighted by Crippen LogP contribution is 2.35. The number of hydrogen-bond donors (Lipinski definition) is 1. The zero-order chi connectivity index (χ0) is 11.5. The summed E-state index contributed by atoms with van der Waals surface area (Å²) in [4.78, 5) is 9.20. The maximum Gasteiger partial charge on any atom is 0.128 e. The van der Waals surface area contributed by atoms with Gasteiger partial charge in [-0.1, -0.05) is 6.42 Å². The molecule has 2 heterocycles. The number of nitrogens with one attached hydrogen (secondary N) is 1. The highest BCUT2D eigenvalue weighted by atomic mass is 14.9. The van der Waals surface area contributed by atoms with E-state index in [9.17, 15) is 0 Å². The first-order valence-electron chi connectivity index (χ1n) is 6.94. The van der Waals surface area contributed by atoms with Crippen LogP contribution in [0.5, 0.6) is 0 Å². The molecule has 0 amide bonds.